The van der Waals surface area contributed by atoms with Gasteiger partial charge in [0, 0.05) is 23.1 Å². The van der Waals surface area contributed by atoms with Crippen molar-refractivity contribution >= 4 is 12.4 Å². The van der Waals surface area contributed by atoms with Gasteiger partial charge >= 0.3 is 0 Å². The van der Waals surface area contributed by atoms with E-state index in [9.17, 15) is 5.11 Å². The number of aromatic nitrogens is 1. The minimum absolute atomic E-state index is 0. The summed E-state index contributed by atoms with van der Waals surface area (Å²) in [7, 11) is 0. The zero-order chi connectivity index (χ0) is 26.2. The molecule has 0 unspecified atom stereocenters. The first kappa shape index (κ1) is 56.1. The summed E-state index contributed by atoms with van der Waals surface area (Å²) < 4.78 is 11.6. The number of hydrogen-bond donors (Lipinski definition) is 2. The summed E-state index contributed by atoms with van der Waals surface area (Å²) in [5, 5.41) is 14.0. The Balaban J connectivity index is -0.000000185. The van der Waals surface area contributed by atoms with Gasteiger partial charge in [-0.15, -0.1) is 12.4 Å². The molecule has 0 spiro atoms. The number of aryl methyl sites for hydroxylation is 1. The minimum atomic E-state index is -0.197. The summed E-state index contributed by atoms with van der Waals surface area (Å²) in [6.07, 6.45) is 2.35. The van der Waals surface area contributed by atoms with Crippen molar-refractivity contribution < 1.29 is 52.6 Å². The highest BCUT2D eigenvalue weighted by Crippen LogP contribution is 2.41. The Labute approximate surface area is 262 Å². The number of benzene rings is 2. The fourth-order valence-electron chi connectivity index (χ4n) is 3.61. The molecule has 12 nitrogen and oxygen atoms in total. The fourth-order valence-corrected chi connectivity index (χ4v) is 3.61. The zero-order valence-corrected chi connectivity index (χ0v) is 27.8. The number of halogens is 1. The van der Waals surface area contributed by atoms with Crippen LogP contribution in [0.25, 0.3) is 11.5 Å². The maximum Gasteiger partial charge on any atom is 0.226 e. The Bertz CT molecular complexity index is 1040. The molecular formula is C30H59ClN2O10. The molecule has 0 amide bonds. The lowest BCUT2D eigenvalue weighted by Crippen LogP contribution is -2.17. The molecule has 1 heterocycles. The summed E-state index contributed by atoms with van der Waals surface area (Å²) in [5.41, 5.74) is 4.34. The molecule has 0 aliphatic carbocycles. The third-order valence-electron chi connectivity index (χ3n) is 5.67. The highest BCUT2D eigenvalue weighted by atomic mass is 35.5. The summed E-state index contributed by atoms with van der Waals surface area (Å²) in [4.78, 5) is 4.67. The first-order chi connectivity index (χ1) is 16.4. The number of oxazole rings is 1. The first-order valence-corrected chi connectivity index (χ1v) is 12.6. The summed E-state index contributed by atoms with van der Waals surface area (Å²) in [6.45, 7) is 21.6. The van der Waals surface area contributed by atoms with Gasteiger partial charge in [0.05, 0.1) is 12.3 Å². The first-order valence-electron chi connectivity index (χ1n) is 12.6. The Morgan fingerprint density at radius 3 is 1.60 bits per heavy atom. The second-order valence-corrected chi connectivity index (χ2v) is 10.9. The molecule has 0 radical (unpaired) electrons. The van der Waals surface area contributed by atoms with E-state index in [0.29, 0.717) is 24.7 Å². The van der Waals surface area contributed by atoms with Gasteiger partial charge in [-0.3, -0.25) is 0 Å². The Hall–Kier alpha value is -2.78. The molecule has 0 fully saturated rings. The van der Waals surface area contributed by atoms with Crippen LogP contribution in [0.4, 0.5) is 0 Å². The van der Waals surface area contributed by atoms with Crippen LogP contribution in [-0.2, 0) is 17.3 Å². The molecule has 0 saturated carbocycles. The van der Waals surface area contributed by atoms with Crippen molar-refractivity contribution in [3.8, 4) is 23.0 Å². The molecule has 0 bridgehead atoms. The summed E-state index contributed by atoms with van der Waals surface area (Å²) in [6, 6.07) is 12.0. The normalized spacial score (nSPS) is 9.51. The molecule has 0 atom stereocenters. The van der Waals surface area contributed by atoms with Crippen molar-refractivity contribution in [2.45, 2.75) is 79.6 Å². The predicted molar refractivity (Wildman–Crippen MR) is 178 cm³/mol. The third kappa shape index (κ3) is 17.2. The molecule has 13 heteroatoms. The largest absolute Gasteiger partial charge is 0.507 e. The monoisotopic (exact) mass is 642 g/mol. The van der Waals surface area contributed by atoms with Crippen LogP contribution < -0.4 is 10.1 Å². The van der Waals surface area contributed by atoms with Crippen molar-refractivity contribution in [1.29, 1.82) is 0 Å². The predicted octanol–water partition coefficient (Wildman–Crippen LogP) is 1.84. The number of hydrogen-bond acceptors (Lipinski definition) is 5. The third-order valence-corrected chi connectivity index (χ3v) is 5.67. The van der Waals surface area contributed by atoms with Crippen LogP contribution >= 0.6 is 12.4 Å². The van der Waals surface area contributed by atoms with E-state index >= 15 is 0 Å². The quantitative estimate of drug-likeness (QED) is 0.388. The lowest BCUT2D eigenvalue weighted by atomic mass is 9.78. The van der Waals surface area contributed by atoms with Crippen LogP contribution in [-0.4, -0.2) is 68.1 Å². The van der Waals surface area contributed by atoms with Crippen LogP contribution in [0, 0.1) is 6.92 Å². The van der Waals surface area contributed by atoms with Gasteiger partial charge in [0.1, 0.15) is 17.8 Å². The molecule has 0 aliphatic heterocycles. The number of phenolic OH excluding ortho intramolecular Hbond substituents is 1. The van der Waals surface area contributed by atoms with Crippen LogP contribution in [0.1, 0.15) is 77.8 Å². The minimum Gasteiger partial charge on any atom is -0.507 e. The van der Waals surface area contributed by atoms with Gasteiger partial charge in [-0.1, -0.05) is 73.1 Å². The molecule has 2 aromatic carbocycles. The van der Waals surface area contributed by atoms with Crippen molar-refractivity contribution in [3.63, 3.8) is 0 Å². The SMILES string of the molecule is CCNCC.Cc1ccc(OCCc2coc(-c3cc(C(C)(C)C)c(O)c(C(C)(C)C)c3)n2)cc1.Cl.O.O.O.O.O.O.O. The number of phenols is 1. The number of rotatable bonds is 7. The fraction of sp³-hybridized carbons (Fsp3) is 0.500. The van der Waals surface area contributed by atoms with E-state index in [1.54, 1.807) is 6.26 Å². The average Bonchev–Trinajstić information content (AvgIpc) is 3.23. The van der Waals surface area contributed by atoms with Crippen molar-refractivity contribution in [1.82, 2.24) is 10.3 Å². The Morgan fingerprint density at radius 1 is 0.791 bits per heavy atom. The van der Waals surface area contributed by atoms with Gasteiger partial charge < -0.3 is 57.9 Å². The van der Waals surface area contributed by atoms with Crippen LogP contribution in [0.3, 0.4) is 0 Å². The molecule has 0 aliphatic rings. The summed E-state index contributed by atoms with van der Waals surface area (Å²) >= 11 is 0. The Morgan fingerprint density at radius 2 is 1.23 bits per heavy atom. The van der Waals surface area contributed by atoms with Crippen molar-refractivity contribution in [3.05, 3.63) is 65.0 Å². The van der Waals surface area contributed by atoms with Crippen molar-refractivity contribution in [2.24, 2.45) is 0 Å². The molecular weight excluding hydrogens is 584 g/mol. The summed E-state index contributed by atoms with van der Waals surface area (Å²) in [5.74, 6) is 1.78. The van der Waals surface area contributed by atoms with Crippen LogP contribution in [0.2, 0.25) is 0 Å². The maximum atomic E-state index is 10.9. The van der Waals surface area contributed by atoms with Gasteiger partial charge in [0.15, 0.2) is 0 Å². The van der Waals surface area contributed by atoms with E-state index in [1.165, 1.54) is 5.56 Å². The van der Waals surface area contributed by atoms with E-state index in [1.807, 2.05) is 36.4 Å². The topological polar surface area (TPSA) is 288 Å². The van der Waals surface area contributed by atoms with Gasteiger partial charge in [-0.2, -0.15) is 0 Å². The van der Waals surface area contributed by atoms with Crippen molar-refractivity contribution in [2.75, 3.05) is 19.7 Å². The van der Waals surface area contributed by atoms with E-state index in [-0.39, 0.29) is 61.6 Å². The van der Waals surface area contributed by atoms with Gasteiger partial charge in [0.25, 0.3) is 0 Å². The zero-order valence-electron chi connectivity index (χ0n) is 27.0. The van der Waals surface area contributed by atoms with Gasteiger partial charge in [-0.25, -0.2) is 4.98 Å². The highest BCUT2D eigenvalue weighted by molar-refractivity contribution is 5.85. The van der Waals surface area contributed by atoms with E-state index in [0.717, 1.165) is 41.2 Å². The number of nitrogens with one attached hydrogen (secondary N) is 1. The second-order valence-electron chi connectivity index (χ2n) is 10.9. The standard InChI is InChI=1S/C26H33NO3.C4H11N.ClH.7H2O/c1-17-8-10-20(11-9-17)29-13-12-19-16-30-24(27-19)18-14-21(25(2,3)4)23(28)22(15-18)26(5,6)7;1-3-5-4-2;;;;;;;;/h8-11,14-16,28H,12-13H2,1-7H3;5H,3-4H2,1-2H3;1H;7*1H2. The molecule has 43 heavy (non-hydrogen) atoms. The smallest absolute Gasteiger partial charge is 0.226 e. The lowest BCUT2D eigenvalue weighted by molar-refractivity contribution is 0.320. The molecule has 0 saturated heterocycles. The van der Waals surface area contributed by atoms with Gasteiger partial charge in [-0.05, 0) is 55.1 Å². The molecule has 1 aromatic heterocycles. The lowest BCUT2D eigenvalue weighted by Gasteiger charge is -2.27. The Kier molecular flexibility index (Phi) is 32.1. The molecule has 3 rings (SSSR count). The van der Waals surface area contributed by atoms with Gasteiger partial charge in [0.2, 0.25) is 5.89 Å². The van der Waals surface area contributed by atoms with E-state index < -0.39 is 0 Å². The number of aromatic hydroxyl groups is 1. The number of ether oxygens (including phenoxy) is 1. The van der Waals surface area contributed by atoms with E-state index in [4.69, 9.17) is 9.15 Å². The molecule has 256 valence electrons. The maximum absolute atomic E-state index is 10.9. The van der Waals surface area contributed by atoms with Crippen LogP contribution in [0.15, 0.2) is 47.1 Å². The molecule has 16 N–H and O–H groups in total. The van der Waals surface area contributed by atoms with E-state index in [2.05, 4.69) is 72.6 Å². The highest BCUT2D eigenvalue weighted by Gasteiger charge is 2.27. The van der Waals surface area contributed by atoms with Crippen LogP contribution in [0.5, 0.6) is 11.5 Å². The second kappa shape index (κ2) is 24.6. The number of nitrogens with zero attached hydrogens (tertiary/aromatic N) is 1. The average molecular weight is 643 g/mol. The molecule has 3 aromatic rings.